The molecule has 1 aliphatic heterocycles. The van der Waals surface area contributed by atoms with E-state index in [1.807, 2.05) is 0 Å². The monoisotopic (exact) mass is 273 g/mol. The molecule has 0 saturated heterocycles. The third-order valence-corrected chi connectivity index (χ3v) is 4.21. The number of rotatable bonds is 3. The predicted molar refractivity (Wildman–Crippen MR) is 79.2 cm³/mol. The predicted octanol–water partition coefficient (Wildman–Crippen LogP) is 3.17. The highest BCUT2D eigenvalue weighted by atomic mass is 35.5. The van der Waals surface area contributed by atoms with E-state index in [9.17, 15) is 0 Å². The van der Waals surface area contributed by atoms with Crippen LogP contribution in [0.3, 0.4) is 0 Å². The van der Waals surface area contributed by atoms with E-state index in [2.05, 4.69) is 39.3 Å². The van der Waals surface area contributed by atoms with Gasteiger partial charge in [-0.2, -0.15) is 0 Å². The van der Waals surface area contributed by atoms with E-state index >= 15 is 0 Å². The largest absolute Gasteiger partial charge is 0.372 e. The molecule has 0 radical (unpaired) electrons. The highest BCUT2D eigenvalue weighted by Gasteiger charge is 2.25. The molecular weight excluding hydrogens is 258 g/mol. The van der Waals surface area contributed by atoms with Gasteiger partial charge in [0.15, 0.2) is 0 Å². The van der Waals surface area contributed by atoms with E-state index in [1.165, 1.54) is 29.3 Å². The lowest BCUT2D eigenvalue weighted by molar-refractivity contribution is 0.775. The van der Waals surface area contributed by atoms with Crippen molar-refractivity contribution < 1.29 is 0 Å². The van der Waals surface area contributed by atoms with Gasteiger partial charge in [0.2, 0.25) is 0 Å². The summed E-state index contributed by atoms with van der Waals surface area (Å²) in [7, 11) is 0. The zero-order valence-electron chi connectivity index (χ0n) is 10.7. The summed E-state index contributed by atoms with van der Waals surface area (Å²) in [5.74, 6) is 1.11. The second kappa shape index (κ2) is 4.27. The van der Waals surface area contributed by atoms with Crippen LogP contribution in [0.5, 0.6) is 0 Å². The first-order valence-electron chi connectivity index (χ1n) is 6.87. The fourth-order valence-electron chi connectivity index (χ4n) is 2.78. The van der Waals surface area contributed by atoms with Crippen molar-refractivity contribution in [1.82, 2.24) is 9.88 Å². The van der Waals surface area contributed by atoms with Crippen LogP contribution in [0.15, 0.2) is 29.4 Å². The third-order valence-electron chi connectivity index (χ3n) is 3.91. The average Bonchev–Trinajstić information content (AvgIpc) is 3.04. The lowest BCUT2D eigenvalue weighted by atomic mass is 10.1. The van der Waals surface area contributed by atoms with Gasteiger partial charge in [-0.1, -0.05) is 23.7 Å². The van der Waals surface area contributed by atoms with Gasteiger partial charge < -0.3 is 9.88 Å². The Hall–Kier alpha value is -1.48. The van der Waals surface area contributed by atoms with Gasteiger partial charge in [-0.3, -0.25) is 4.99 Å². The molecule has 1 aromatic heterocycles. The molecule has 0 bridgehead atoms. The molecule has 0 atom stereocenters. The maximum atomic E-state index is 6.32. The van der Waals surface area contributed by atoms with Crippen molar-refractivity contribution in [2.45, 2.75) is 25.3 Å². The van der Waals surface area contributed by atoms with Crippen LogP contribution >= 0.6 is 11.6 Å². The molecule has 1 N–H and O–H groups in total. The summed E-state index contributed by atoms with van der Waals surface area (Å²) in [6.07, 6.45) is 5.53. The Morgan fingerprint density at radius 3 is 3.00 bits per heavy atom. The van der Waals surface area contributed by atoms with Crippen molar-refractivity contribution in [1.29, 1.82) is 0 Å². The van der Waals surface area contributed by atoms with Gasteiger partial charge >= 0.3 is 0 Å². The molecule has 0 amide bonds. The number of nitrogens with one attached hydrogen (secondary N) is 1. The fourth-order valence-corrected chi connectivity index (χ4v) is 3.04. The van der Waals surface area contributed by atoms with Crippen molar-refractivity contribution >= 4 is 28.3 Å². The van der Waals surface area contributed by atoms with E-state index in [-0.39, 0.29) is 0 Å². The molecule has 1 aliphatic carbocycles. The van der Waals surface area contributed by atoms with Crippen LogP contribution in [0.4, 0.5) is 0 Å². The minimum absolute atomic E-state index is 0.659. The summed E-state index contributed by atoms with van der Waals surface area (Å²) in [4.78, 5) is 4.46. The van der Waals surface area contributed by atoms with E-state index < -0.39 is 0 Å². The number of benzene rings is 1. The van der Waals surface area contributed by atoms with Gasteiger partial charge in [0.25, 0.3) is 0 Å². The number of hydrogen-bond acceptors (Lipinski definition) is 2. The molecule has 0 spiro atoms. The highest BCUT2D eigenvalue weighted by Crippen LogP contribution is 2.40. The van der Waals surface area contributed by atoms with Crippen molar-refractivity contribution in [2.75, 3.05) is 13.1 Å². The summed E-state index contributed by atoms with van der Waals surface area (Å²) >= 11 is 6.32. The smallest absolute Gasteiger partial charge is 0.101 e. The molecule has 0 unspecified atom stereocenters. The molecule has 4 heteroatoms. The van der Waals surface area contributed by atoms with Gasteiger partial charge in [0, 0.05) is 30.6 Å². The van der Waals surface area contributed by atoms with Gasteiger partial charge in [-0.25, -0.2) is 0 Å². The number of hydrogen-bond donors (Lipinski definition) is 1. The molecule has 4 rings (SSSR count). The normalized spacial score (nSPS) is 18.7. The summed E-state index contributed by atoms with van der Waals surface area (Å²) in [6, 6.07) is 7.23. The Kier molecular flexibility index (Phi) is 2.55. The zero-order valence-corrected chi connectivity index (χ0v) is 11.5. The molecule has 2 heterocycles. The fraction of sp³-hybridized carbons (Fsp3) is 0.400. The topological polar surface area (TPSA) is 29.3 Å². The summed E-state index contributed by atoms with van der Waals surface area (Å²) in [5.41, 5.74) is 2.57. The van der Waals surface area contributed by atoms with Gasteiger partial charge in [-0.05, 0) is 24.5 Å². The number of aromatic nitrogens is 1. The minimum Gasteiger partial charge on any atom is -0.372 e. The van der Waals surface area contributed by atoms with E-state index in [1.54, 1.807) is 0 Å². The quantitative estimate of drug-likeness (QED) is 0.914. The Balaban J connectivity index is 1.74. The van der Waals surface area contributed by atoms with Crippen molar-refractivity contribution in [3.63, 3.8) is 0 Å². The number of fused-ring (bicyclic) bond motifs is 1. The maximum absolute atomic E-state index is 6.32. The number of halogens is 1. The number of amidine groups is 1. The Morgan fingerprint density at radius 2 is 2.26 bits per heavy atom. The Bertz CT molecular complexity index is 667. The summed E-state index contributed by atoms with van der Waals surface area (Å²) < 4.78 is 2.34. The molecule has 1 aromatic carbocycles. The molecule has 1 fully saturated rings. The van der Waals surface area contributed by atoms with Crippen LogP contribution in [0.1, 0.15) is 24.4 Å². The molecule has 2 aliphatic rings. The SMILES string of the molecule is Clc1cn(C2CC2)c2cc(CC3=NCCN3)ccc12. The van der Waals surface area contributed by atoms with Crippen molar-refractivity contribution in [3.8, 4) is 0 Å². The van der Waals surface area contributed by atoms with E-state index in [0.29, 0.717) is 6.04 Å². The molecule has 2 aromatic rings. The first kappa shape index (κ1) is 11.4. The standard InChI is InChI=1S/C15H16ClN3/c16-13-9-19(11-2-3-11)14-7-10(1-4-12(13)14)8-15-17-5-6-18-15/h1,4,7,9,11H,2-3,5-6,8H2,(H,17,18). The van der Waals surface area contributed by atoms with Gasteiger partial charge in [0.1, 0.15) is 5.84 Å². The lowest BCUT2D eigenvalue weighted by Gasteiger charge is -2.06. The van der Waals surface area contributed by atoms with Crippen molar-refractivity contribution in [2.24, 2.45) is 4.99 Å². The lowest BCUT2D eigenvalue weighted by Crippen LogP contribution is -2.20. The highest BCUT2D eigenvalue weighted by molar-refractivity contribution is 6.35. The van der Waals surface area contributed by atoms with Crippen LogP contribution in [0.2, 0.25) is 5.02 Å². The van der Waals surface area contributed by atoms with Crippen molar-refractivity contribution in [3.05, 3.63) is 35.0 Å². The van der Waals surface area contributed by atoms with Crippen LogP contribution in [0.25, 0.3) is 10.9 Å². The molecular formula is C15H16ClN3. The van der Waals surface area contributed by atoms with Crippen LogP contribution < -0.4 is 5.32 Å². The second-order valence-corrected chi connectivity index (χ2v) is 5.81. The van der Waals surface area contributed by atoms with Gasteiger partial charge in [0.05, 0.1) is 17.1 Å². The number of aliphatic imine (C=N–C) groups is 1. The molecule has 98 valence electrons. The third kappa shape index (κ3) is 2.02. The zero-order chi connectivity index (χ0) is 12.8. The molecule has 19 heavy (non-hydrogen) atoms. The summed E-state index contributed by atoms with van der Waals surface area (Å²) in [5, 5.41) is 5.36. The Morgan fingerprint density at radius 1 is 1.37 bits per heavy atom. The van der Waals surface area contributed by atoms with E-state index in [0.717, 1.165) is 30.4 Å². The van der Waals surface area contributed by atoms with E-state index in [4.69, 9.17) is 11.6 Å². The van der Waals surface area contributed by atoms with Crippen LogP contribution in [0, 0.1) is 0 Å². The maximum Gasteiger partial charge on any atom is 0.101 e. The Labute approximate surface area is 117 Å². The molecule has 3 nitrogen and oxygen atoms in total. The van der Waals surface area contributed by atoms with Gasteiger partial charge in [-0.15, -0.1) is 0 Å². The average molecular weight is 274 g/mol. The van der Waals surface area contributed by atoms with Crippen LogP contribution in [-0.4, -0.2) is 23.5 Å². The first-order chi connectivity index (χ1) is 9.31. The second-order valence-electron chi connectivity index (χ2n) is 5.40. The summed E-state index contributed by atoms with van der Waals surface area (Å²) in [6.45, 7) is 1.88. The molecule has 1 saturated carbocycles. The number of nitrogens with zero attached hydrogens (tertiary/aromatic N) is 2. The minimum atomic E-state index is 0.659. The van der Waals surface area contributed by atoms with Crippen LogP contribution in [-0.2, 0) is 6.42 Å². The first-order valence-corrected chi connectivity index (χ1v) is 7.25.